The van der Waals surface area contributed by atoms with Crippen molar-refractivity contribution in [1.29, 1.82) is 0 Å². The van der Waals surface area contributed by atoms with E-state index in [1.54, 1.807) is 11.4 Å². The number of benzene rings is 2. The molecule has 3 aromatic rings. The van der Waals surface area contributed by atoms with E-state index >= 15 is 0 Å². The van der Waals surface area contributed by atoms with Gasteiger partial charge in [-0.2, -0.15) is 13.2 Å². The molecule has 0 aliphatic rings. The van der Waals surface area contributed by atoms with Gasteiger partial charge in [0.15, 0.2) is 0 Å². The molecule has 0 bridgehead atoms. The molecule has 0 radical (unpaired) electrons. The minimum absolute atomic E-state index is 0.102. The molecule has 0 unspecified atom stereocenters. The van der Waals surface area contributed by atoms with Crippen LogP contribution in [0.5, 0.6) is 0 Å². The molecule has 1 amide bonds. The normalized spacial score (nSPS) is 11.4. The Morgan fingerprint density at radius 1 is 1.15 bits per heavy atom. The number of thiazole rings is 1. The molecular weight excluding hydrogens is 361 g/mol. The summed E-state index contributed by atoms with van der Waals surface area (Å²) in [5, 5.41) is 5.12. The summed E-state index contributed by atoms with van der Waals surface area (Å²) in [6, 6.07) is 12.3. The number of aryl methyl sites for hydroxylation is 1. The van der Waals surface area contributed by atoms with Crippen LogP contribution in [0.3, 0.4) is 0 Å². The van der Waals surface area contributed by atoms with Crippen LogP contribution in [0.1, 0.15) is 16.8 Å². The lowest BCUT2D eigenvalue weighted by atomic mass is 10.1. The zero-order chi connectivity index (χ0) is 18.7. The Hall–Kier alpha value is -2.67. The molecule has 1 heterocycles. The number of alkyl halides is 3. The standard InChI is InChI=1S/C19H15F3N2OS/c1-12-3-2-4-15(9-12)23-17(25)10-16-11-26-18(24-16)13-5-7-14(8-6-13)19(20,21)22/h2-9,11H,10H2,1H3,(H,23,25). The lowest BCUT2D eigenvalue weighted by Gasteiger charge is -2.06. The van der Waals surface area contributed by atoms with Crippen molar-refractivity contribution in [3.8, 4) is 10.6 Å². The van der Waals surface area contributed by atoms with Crippen LogP contribution >= 0.6 is 11.3 Å². The SMILES string of the molecule is Cc1cccc(NC(=O)Cc2csc(-c3ccc(C(F)(F)F)cc3)n2)c1. The number of carbonyl (C=O) groups excluding carboxylic acids is 1. The van der Waals surface area contributed by atoms with E-state index in [2.05, 4.69) is 10.3 Å². The van der Waals surface area contributed by atoms with E-state index in [4.69, 9.17) is 0 Å². The third kappa shape index (κ3) is 4.49. The molecular formula is C19H15F3N2OS. The highest BCUT2D eigenvalue weighted by atomic mass is 32.1. The van der Waals surface area contributed by atoms with Gasteiger partial charge in [0.05, 0.1) is 17.7 Å². The van der Waals surface area contributed by atoms with Gasteiger partial charge in [0.2, 0.25) is 5.91 Å². The first-order valence-electron chi connectivity index (χ1n) is 7.80. The fourth-order valence-corrected chi connectivity index (χ4v) is 3.24. The first kappa shape index (κ1) is 18.1. The number of amides is 1. The van der Waals surface area contributed by atoms with E-state index in [0.29, 0.717) is 22.0 Å². The highest BCUT2D eigenvalue weighted by Gasteiger charge is 2.30. The zero-order valence-corrected chi connectivity index (χ0v) is 14.6. The molecule has 0 saturated carbocycles. The van der Waals surface area contributed by atoms with Gasteiger partial charge in [-0.25, -0.2) is 4.98 Å². The molecule has 0 atom stereocenters. The summed E-state index contributed by atoms with van der Waals surface area (Å²) in [5.74, 6) is -0.195. The predicted molar refractivity (Wildman–Crippen MR) is 96.1 cm³/mol. The second-order valence-electron chi connectivity index (χ2n) is 5.81. The number of hydrogen-bond acceptors (Lipinski definition) is 3. The monoisotopic (exact) mass is 376 g/mol. The molecule has 26 heavy (non-hydrogen) atoms. The Morgan fingerprint density at radius 2 is 1.88 bits per heavy atom. The van der Waals surface area contributed by atoms with Crippen LogP contribution in [-0.2, 0) is 17.4 Å². The molecule has 7 heteroatoms. The van der Waals surface area contributed by atoms with E-state index in [9.17, 15) is 18.0 Å². The van der Waals surface area contributed by atoms with Crippen molar-refractivity contribution in [3.63, 3.8) is 0 Å². The van der Waals surface area contributed by atoms with Crippen LogP contribution in [0, 0.1) is 6.92 Å². The second-order valence-corrected chi connectivity index (χ2v) is 6.67. The number of nitrogens with one attached hydrogen (secondary N) is 1. The second kappa shape index (κ2) is 7.29. The number of rotatable bonds is 4. The molecule has 0 aliphatic carbocycles. The summed E-state index contributed by atoms with van der Waals surface area (Å²) in [6.07, 6.45) is -4.26. The van der Waals surface area contributed by atoms with E-state index in [-0.39, 0.29) is 12.3 Å². The molecule has 3 nitrogen and oxygen atoms in total. The Balaban J connectivity index is 1.67. The maximum Gasteiger partial charge on any atom is 0.416 e. The fourth-order valence-electron chi connectivity index (χ4n) is 2.42. The highest BCUT2D eigenvalue weighted by Crippen LogP contribution is 2.31. The lowest BCUT2D eigenvalue weighted by molar-refractivity contribution is -0.137. The summed E-state index contributed by atoms with van der Waals surface area (Å²) in [7, 11) is 0. The van der Waals surface area contributed by atoms with Crippen LogP contribution in [0.15, 0.2) is 53.9 Å². The van der Waals surface area contributed by atoms with Gasteiger partial charge in [0, 0.05) is 16.6 Å². The van der Waals surface area contributed by atoms with E-state index in [1.807, 2.05) is 25.1 Å². The highest BCUT2D eigenvalue weighted by molar-refractivity contribution is 7.13. The first-order valence-corrected chi connectivity index (χ1v) is 8.68. The number of carbonyl (C=O) groups is 1. The smallest absolute Gasteiger partial charge is 0.326 e. The summed E-state index contributed by atoms with van der Waals surface area (Å²) < 4.78 is 37.8. The van der Waals surface area contributed by atoms with Gasteiger partial charge in [-0.3, -0.25) is 4.79 Å². The van der Waals surface area contributed by atoms with Crippen molar-refractivity contribution < 1.29 is 18.0 Å². The van der Waals surface area contributed by atoms with Gasteiger partial charge in [-0.15, -0.1) is 11.3 Å². The lowest BCUT2D eigenvalue weighted by Crippen LogP contribution is -2.14. The van der Waals surface area contributed by atoms with Gasteiger partial charge in [-0.1, -0.05) is 24.3 Å². The Labute approximate surface area is 152 Å². The largest absolute Gasteiger partial charge is 0.416 e. The molecule has 134 valence electrons. The van der Waals surface area contributed by atoms with Crippen molar-refractivity contribution in [1.82, 2.24) is 4.98 Å². The van der Waals surface area contributed by atoms with Gasteiger partial charge in [0.1, 0.15) is 5.01 Å². The van der Waals surface area contributed by atoms with E-state index in [1.165, 1.54) is 23.5 Å². The Morgan fingerprint density at radius 3 is 2.54 bits per heavy atom. The molecule has 0 aliphatic heterocycles. The number of hydrogen-bond donors (Lipinski definition) is 1. The first-order chi connectivity index (χ1) is 12.3. The van der Waals surface area contributed by atoms with Crippen molar-refractivity contribution in [3.05, 3.63) is 70.7 Å². The Bertz CT molecular complexity index is 917. The molecule has 0 spiro atoms. The van der Waals surface area contributed by atoms with Crippen LogP contribution in [0.25, 0.3) is 10.6 Å². The number of aromatic nitrogens is 1. The van der Waals surface area contributed by atoms with Gasteiger partial charge in [-0.05, 0) is 36.8 Å². The minimum atomic E-state index is -4.36. The van der Waals surface area contributed by atoms with Gasteiger partial charge >= 0.3 is 6.18 Å². The summed E-state index contributed by atoms with van der Waals surface area (Å²) in [6.45, 7) is 1.94. The van der Waals surface area contributed by atoms with Crippen molar-refractivity contribution in [2.45, 2.75) is 19.5 Å². The average Bonchev–Trinajstić information content (AvgIpc) is 3.02. The number of halogens is 3. The summed E-state index contributed by atoms with van der Waals surface area (Å²) >= 11 is 1.29. The molecule has 3 rings (SSSR count). The predicted octanol–water partition coefficient (Wildman–Crippen LogP) is 5.32. The molecule has 2 aromatic carbocycles. The van der Waals surface area contributed by atoms with Crippen molar-refractivity contribution in [2.75, 3.05) is 5.32 Å². The van der Waals surface area contributed by atoms with Gasteiger partial charge in [0.25, 0.3) is 0 Å². The number of nitrogens with zero attached hydrogens (tertiary/aromatic N) is 1. The maximum absolute atomic E-state index is 12.6. The van der Waals surface area contributed by atoms with E-state index < -0.39 is 11.7 Å². The number of anilines is 1. The topological polar surface area (TPSA) is 42.0 Å². The molecule has 1 aromatic heterocycles. The van der Waals surface area contributed by atoms with Crippen LogP contribution in [0.4, 0.5) is 18.9 Å². The molecule has 0 fully saturated rings. The maximum atomic E-state index is 12.6. The van der Waals surface area contributed by atoms with Crippen molar-refractivity contribution in [2.24, 2.45) is 0 Å². The van der Waals surface area contributed by atoms with E-state index in [0.717, 1.165) is 17.7 Å². The molecule has 0 saturated heterocycles. The van der Waals surface area contributed by atoms with Crippen molar-refractivity contribution >= 4 is 22.9 Å². The third-order valence-electron chi connectivity index (χ3n) is 3.65. The fraction of sp³-hybridized carbons (Fsp3) is 0.158. The quantitative estimate of drug-likeness (QED) is 0.670. The Kier molecular flexibility index (Phi) is 5.08. The average molecular weight is 376 g/mol. The zero-order valence-electron chi connectivity index (χ0n) is 13.8. The molecule has 1 N–H and O–H groups in total. The van der Waals surface area contributed by atoms with Crippen LogP contribution in [-0.4, -0.2) is 10.9 Å². The van der Waals surface area contributed by atoms with Crippen LogP contribution < -0.4 is 5.32 Å². The van der Waals surface area contributed by atoms with Crippen LogP contribution in [0.2, 0.25) is 0 Å². The third-order valence-corrected chi connectivity index (χ3v) is 4.59. The van der Waals surface area contributed by atoms with Gasteiger partial charge < -0.3 is 5.32 Å². The minimum Gasteiger partial charge on any atom is -0.326 e. The summed E-state index contributed by atoms with van der Waals surface area (Å²) in [4.78, 5) is 16.5. The summed E-state index contributed by atoms with van der Waals surface area (Å²) in [5.41, 5.74) is 2.23.